The molecule has 154 valence electrons. The monoisotopic (exact) mass is 419 g/mol. The van der Waals surface area contributed by atoms with Gasteiger partial charge in [0.05, 0.1) is 17.4 Å². The van der Waals surface area contributed by atoms with Crippen LogP contribution in [-0.4, -0.2) is 32.1 Å². The number of hydrogen-bond donors (Lipinski definition) is 1. The molecule has 11 heteroatoms. The Hall–Kier alpha value is -3.76. The van der Waals surface area contributed by atoms with Gasteiger partial charge in [0.25, 0.3) is 5.91 Å². The van der Waals surface area contributed by atoms with E-state index < -0.39 is 23.8 Å². The molecule has 0 fully saturated rings. The molecular weight excluding hydrogens is 406 g/mol. The van der Waals surface area contributed by atoms with Crippen LogP contribution >= 0.6 is 0 Å². The van der Waals surface area contributed by atoms with E-state index in [1.54, 1.807) is 23.0 Å². The van der Waals surface area contributed by atoms with Crippen molar-refractivity contribution in [2.75, 3.05) is 6.54 Å². The Morgan fingerprint density at radius 1 is 1.17 bits per heavy atom. The molecule has 0 radical (unpaired) electrons. The summed E-state index contributed by atoms with van der Waals surface area (Å²) in [5.41, 5.74) is 1.75. The van der Waals surface area contributed by atoms with Gasteiger partial charge in [-0.2, -0.15) is 18.2 Å². The van der Waals surface area contributed by atoms with E-state index in [1.807, 2.05) is 0 Å². The van der Waals surface area contributed by atoms with E-state index in [9.17, 15) is 22.4 Å². The molecule has 2 aromatic carbocycles. The number of aromatic nitrogens is 4. The number of nitrogens with zero attached hydrogens (tertiary/aromatic N) is 4. The van der Waals surface area contributed by atoms with Gasteiger partial charge in [-0.05, 0) is 36.4 Å². The predicted octanol–water partition coefficient (Wildman–Crippen LogP) is 3.67. The molecule has 2 aromatic heterocycles. The lowest BCUT2D eigenvalue weighted by Crippen LogP contribution is -2.27. The van der Waals surface area contributed by atoms with Crippen LogP contribution in [0.15, 0.2) is 53.3 Å². The van der Waals surface area contributed by atoms with Crippen LogP contribution in [-0.2, 0) is 12.7 Å². The van der Waals surface area contributed by atoms with Crippen molar-refractivity contribution in [1.29, 1.82) is 0 Å². The number of carbonyl (C=O) groups is 1. The van der Waals surface area contributed by atoms with Gasteiger partial charge in [0.2, 0.25) is 5.82 Å². The van der Waals surface area contributed by atoms with Crippen LogP contribution < -0.4 is 5.32 Å². The number of imidazole rings is 1. The maximum atomic E-state index is 13.2. The van der Waals surface area contributed by atoms with Crippen molar-refractivity contribution in [3.05, 3.63) is 66.1 Å². The summed E-state index contributed by atoms with van der Waals surface area (Å²) in [6, 6.07) is 10.1. The molecule has 4 rings (SSSR count). The Balaban J connectivity index is 1.49. The quantitative estimate of drug-likeness (QED) is 0.499. The van der Waals surface area contributed by atoms with Crippen LogP contribution in [0.2, 0.25) is 0 Å². The summed E-state index contributed by atoms with van der Waals surface area (Å²) in [5.74, 6) is -2.56. The number of carbonyl (C=O) groups excluding carboxylic acids is 1. The molecule has 7 nitrogen and oxygen atoms in total. The van der Waals surface area contributed by atoms with Crippen molar-refractivity contribution in [2.45, 2.75) is 12.7 Å². The predicted molar refractivity (Wildman–Crippen MR) is 96.8 cm³/mol. The minimum atomic E-state index is -4.73. The van der Waals surface area contributed by atoms with Crippen molar-refractivity contribution in [3.8, 4) is 11.4 Å². The first-order chi connectivity index (χ1) is 14.3. The van der Waals surface area contributed by atoms with E-state index in [0.29, 0.717) is 23.1 Å². The first kappa shape index (κ1) is 19.6. The summed E-state index contributed by atoms with van der Waals surface area (Å²) in [5, 5.41) is 6.05. The SMILES string of the molecule is O=C(NCCn1cnc2ccc(-c3noc(C(F)(F)F)n3)cc21)c1cccc(F)c1. The first-order valence-corrected chi connectivity index (χ1v) is 8.71. The standard InChI is InChI=1S/C19H13F4N5O2/c20-13-3-1-2-12(8-13)17(29)24-6-7-28-10-25-14-5-4-11(9-15(14)28)16-26-18(30-27-16)19(21,22)23/h1-5,8-10H,6-7H2,(H,24,29). The highest BCUT2D eigenvalue weighted by atomic mass is 19.4. The molecule has 0 aliphatic heterocycles. The number of nitrogens with one attached hydrogen (secondary N) is 1. The fourth-order valence-corrected chi connectivity index (χ4v) is 2.85. The first-order valence-electron chi connectivity index (χ1n) is 8.71. The fourth-order valence-electron chi connectivity index (χ4n) is 2.85. The van der Waals surface area contributed by atoms with Crippen molar-refractivity contribution >= 4 is 16.9 Å². The lowest BCUT2D eigenvalue weighted by molar-refractivity contribution is -0.159. The Kier molecular flexibility index (Phi) is 4.94. The molecule has 0 saturated heterocycles. The Morgan fingerprint density at radius 3 is 2.73 bits per heavy atom. The highest BCUT2D eigenvalue weighted by Gasteiger charge is 2.38. The summed E-state index contributed by atoms with van der Waals surface area (Å²) < 4.78 is 57.2. The number of halogens is 4. The van der Waals surface area contributed by atoms with E-state index in [-0.39, 0.29) is 17.9 Å². The zero-order chi connectivity index (χ0) is 21.3. The molecule has 0 saturated carbocycles. The average molecular weight is 419 g/mol. The molecule has 0 aliphatic carbocycles. The second-order valence-corrected chi connectivity index (χ2v) is 6.33. The second kappa shape index (κ2) is 7.58. The van der Waals surface area contributed by atoms with E-state index >= 15 is 0 Å². The van der Waals surface area contributed by atoms with Gasteiger partial charge in [-0.3, -0.25) is 4.79 Å². The van der Waals surface area contributed by atoms with Gasteiger partial charge in [-0.15, -0.1) is 0 Å². The Labute approximate surface area is 166 Å². The van der Waals surface area contributed by atoms with Crippen LogP contribution in [0.1, 0.15) is 16.2 Å². The van der Waals surface area contributed by atoms with Gasteiger partial charge in [-0.1, -0.05) is 11.2 Å². The van der Waals surface area contributed by atoms with Crippen molar-refractivity contribution in [1.82, 2.24) is 25.0 Å². The maximum Gasteiger partial charge on any atom is 0.471 e. The van der Waals surface area contributed by atoms with E-state index in [1.165, 1.54) is 24.3 Å². The number of amides is 1. The summed E-state index contributed by atoms with van der Waals surface area (Å²) >= 11 is 0. The van der Waals surface area contributed by atoms with Crippen LogP contribution in [0, 0.1) is 5.82 Å². The highest BCUT2D eigenvalue weighted by Crippen LogP contribution is 2.30. The average Bonchev–Trinajstić information content (AvgIpc) is 3.35. The molecule has 2 heterocycles. The summed E-state index contributed by atoms with van der Waals surface area (Å²) in [6.45, 7) is 0.562. The minimum absolute atomic E-state index is 0.198. The van der Waals surface area contributed by atoms with Crippen molar-refractivity contribution < 1.29 is 26.9 Å². The minimum Gasteiger partial charge on any atom is -0.350 e. The molecule has 0 atom stereocenters. The van der Waals surface area contributed by atoms with E-state index in [2.05, 4.69) is 25.0 Å². The highest BCUT2D eigenvalue weighted by molar-refractivity contribution is 5.94. The molecule has 0 aliphatic rings. The van der Waals surface area contributed by atoms with Crippen LogP contribution in [0.25, 0.3) is 22.4 Å². The molecule has 0 bridgehead atoms. The third-order valence-electron chi connectivity index (χ3n) is 4.27. The van der Waals surface area contributed by atoms with Crippen LogP contribution in [0.5, 0.6) is 0 Å². The number of rotatable bonds is 5. The molecule has 0 spiro atoms. The molecule has 0 unspecified atom stereocenters. The normalized spacial score (nSPS) is 11.7. The molecule has 1 N–H and O–H groups in total. The summed E-state index contributed by atoms with van der Waals surface area (Å²) in [7, 11) is 0. The molecule has 4 aromatic rings. The lowest BCUT2D eigenvalue weighted by Gasteiger charge is -2.07. The zero-order valence-electron chi connectivity index (χ0n) is 15.2. The van der Waals surface area contributed by atoms with Gasteiger partial charge in [0.1, 0.15) is 5.82 Å². The largest absolute Gasteiger partial charge is 0.471 e. The van der Waals surface area contributed by atoms with Crippen molar-refractivity contribution in [3.63, 3.8) is 0 Å². The topological polar surface area (TPSA) is 85.8 Å². The van der Waals surface area contributed by atoms with Gasteiger partial charge < -0.3 is 14.4 Å². The van der Waals surface area contributed by atoms with E-state index in [0.717, 1.165) is 6.07 Å². The third-order valence-corrected chi connectivity index (χ3v) is 4.27. The number of fused-ring (bicyclic) bond motifs is 1. The third kappa shape index (κ3) is 4.00. The Morgan fingerprint density at radius 2 is 2.00 bits per heavy atom. The van der Waals surface area contributed by atoms with Gasteiger partial charge in [0.15, 0.2) is 0 Å². The molecular formula is C19H13F4N5O2. The zero-order valence-corrected chi connectivity index (χ0v) is 15.2. The van der Waals surface area contributed by atoms with Gasteiger partial charge >= 0.3 is 12.1 Å². The number of alkyl halides is 3. The van der Waals surface area contributed by atoms with Gasteiger partial charge in [-0.25, -0.2) is 9.37 Å². The summed E-state index contributed by atoms with van der Waals surface area (Å²) in [4.78, 5) is 19.7. The smallest absolute Gasteiger partial charge is 0.350 e. The Bertz CT molecular complexity index is 1220. The lowest BCUT2D eigenvalue weighted by atomic mass is 10.2. The second-order valence-electron chi connectivity index (χ2n) is 6.33. The fraction of sp³-hybridized carbons (Fsp3) is 0.158. The van der Waals surface area contributed by atoms with Crippen LogP contribution in [0.4, 0.5) is 17.6 Å². The van der Waals surface area contributed by atoms with Crippen LogP contribution in [0.3, 0.4) is 0 Å². The maximum absolute atomic E-state index is 13.2. The molecule has 1 amide bonds. The number of benzene rings is 2. The van der Waals surface area contributed by atoms with E-state index in [4.69, 9.17) is 0 Å². The van der Waals surface area contributed by atoms with Gasteiger partial charge in [0, 0.05) is 24.2 Å². The van der Waals surface area contributed by atoms with Crippen molar-refractivity contribution in [2.24, 2.45) is 0 Å². The summed E-state index contributed by atoms with van der Waals surface area (Å²) in [6.07, 6.45) is -3.18. The number of hydrogen-bond acceptors (Lipinski definition) is 5. The molecule has 30 heavy (non-hydrogen) atoms.